The van der Waals surface area contributed by atoms with E-state index in [0.29, 0.717) is 11.8 Å². The van der Waals surface area contributed by atoms with Crippen LogP contribution in [0.5, 0.6) is 0 Å². The van der Waals surface area contributed by atoms with E-state index in [9.17, 15) is 4.79 Å². The Morgan fingerprint density at radius 3 is 3.00 bits per heavy atom. The van der Waals surface area contributed by atoms with Crippen molar-refractivity contribution in [3.63, 3.8) is 0 Å². The van der Waals surface area contributed by atoms with Crippen molar-refractivity contribution in [2.24, 2.45) is 5.92 Å². The second-order valence-electron chi connectivity index (χ2n) is 5.67. The molecule has 1 atom stereocenters. The molecule has 8 heteroatoms. The van der Waals surface area contributed by atoms with E-state index in [1.54, 1.807) is 11.3 Å². The van der Waals surface area contributed by atoms with Crippen LogP contribution in [0.25, 0.3) is 10.8 Å². The van der Waals surface area contributed by atoms with Crippen LogP contribution in [0.2, 0.25) is 0 Å². The number of amides is 1. The van der Waals surface area contributed by atoms with Gasteiger partial charge in [0.05, 0.1) is 17.0 Å². The van der Waals surface area contributed by atoms with E-state index >= 15 is 0 Å². The third kappa shape index (κ3) is 5.48. The Bertz CT molecular complexity index is 625. The summed E-state index contributed by atoms with van der Waals surface area (Å²) in [6.45, 7) is 4.77. The smallest absolute Gasteiger partial charge is 0.236 e. The normalized spacial score (nSPS) is 16.3. The summed E-state index contributed by atoms with van der Waals surface area (Å²) in [4.78, 5) is 17.5. The Kier molecular flexibility index (Phi) is 8.76. The lowest BCUT2D eigenvalue weighted by Crippen LogP contribution is -2.28. The van der Waals surface area contributed by atoms with Crippen LogP contribution in [-0.2, 0) is 11.2 Å². The zero-order valence-corrected chi connectivity index (χ0v) is 16.0. The van der Waals surface area contributed by atoms with Crippen molar-refractivity contribution >= 4 is 42.1 Å². The van der Waals surface area contributed by atoms with Gasteiger partial charge in [0.25, 0.3) is 0 Å². The van der Waals surface area contributed by atoms with Gasteiger partial charge in [-0.1, -0.05) is 6.07 Å². The fourth-order valence-electron chi connectivity index (χ4n) is 2.69. The number of carbonyl (C=O) groups excluding carboxylic acids is 1. The maximum atomic E-state index is 12.0. The molecule has 1 saturated heterocycles. The summed E-state index contributed by atoms with van der Waals surface area (Å²) in [6.07, 6.45) is 2.53. The van der Waals surface area contributed by atoms with Crippen molar-refractivity contribution in [1.29, 1.82) is 0 Å². The maximum Gasteiger partial charge on any atom is 0.236 e. The number of rotatable bonds is 6. The molecule has 3 rings (SSSR count). The highest BCUT2D eigenvalue weighted by molar-refractivity contribution is 7.13. The van der Waals surface area contributed by atoms with Gasteiger partial charge in [-0.3, -0.25) is 4.79 Å². The number of aromatic nitrogens is 1. The fourth-order valence-corrected chi connectivity index (χ4v) is 3.34. The first-order valence-electron chi connectivity index (χ1n) is 7.70. The van der Waals surface area contributed by atoms with Crippen LogP contribution in [-0.4, -0.2) is 30.5 Å². The van der Waals surface area contributed by atoms with Gasteiger partial charge in [0.15, 0.2) is 0 Å². The average Bonchev–Trinajstić information content (AvgIpc) is 3.21. The Morgan fingerprint density at radius 1 is 1.50 bits per heavy atom. The second kappa shape index (κ2) is 10.0. The molecular formula is C16H23Cl2N3O2S. The molecule has 1 aliphatic heterocycles. The zero-order chi connectivity index (χ0) is 15.4. The third-order valence-electron chi connectivity index (χ3n) is 3.99. The number of nitrogens with zero attached hydrogens (tertiary/aromatic N) is 1. The van der Waals surface area contributed by atoms with Crippen molar-refractivity contribution in [3.05, 3.63) is 29.0 Å². The van der Waals surface area contributed by atoms with E-state index in [0.717, 1.165) is 42.4 Å². The highest BCUT2D eigenvalue weighted by Gasteiger charge is 2.16. The van der Waals surface area contributed by atoms with Crippen LogP contribution >= 0.6 is 36.2 Å². The van der Waals surface area contributed by atoms with Gasteiger partial charge in [0.1, 0.15) is 5.76 Å². The molecule has 0 saturated carbocycles. The summed E-state index contributed by atoms with van der Waals surface area (Å²) in [5.41, 5.74) is 0.725. The molecule has 1 aliphatic rings. The number of aryl methyl sites for hydroxylation is 1. The molecule has 5 nitrogen and oxygen atoms in total. The first-order valence-corrected chi connectivity index (χ1v) is 8.58. The second-order valence-corrected chi connectivity index (χ2v) is 6.62. The minimum Gasteiger partial charge on any atom is -0.440 e. The monoisotopic (exact) mass is 391 g/mol. The van der Waals surface area contributed by atoms with Gasteiger partial charge in [-0.15, -0.1) is 36.2 Å². The molecule has 0 aliphatic carbocycles. The molecule has 134 valence electrons. The molecule has 2 N–H and O–H groups in total. The lowest BCUT2D eigenvalue weighted by atomic mass is 10.1. The van der Waals surface area contributed by atoms with Crippen molar-refractivity contribution in [1.82, 2.24) is 15.6 Å². The maximum absolute atomic E-state index is 12.0. The summed E-state index contributed by atoms with van der Waals surface area (Å²) in [5.74, 6) is 2.03. The van der Waals surface area contributed by atoms with Crippen molar-refractivity contribution in [2.45, 2.75) is 26.2 Å². The van der Waals surface area contributed by atoms with Crippen LogP contribution in [0.4, 0.5) is 0 Å². The van der Waals surface area contributed by atoms with Gasteiger partial charge in [0.2, 0.25) is 11.8 Å². The quantitative estimate of drug-likeness (QED) is 0.792. The van der Waals surface area contributed by atoms with Crippen LogP contribution < -0.4 is 10.6 Å². The van der Waals surface area contributed by atoms with Gasteiger partial charge in [0, 0.05) is 6.54 Å². The summed E-state index contributed by atoms with van der Waals surface area (Å²) in [5, 5.41) is 8.31. The van der Waals surface area contributed by atoms with Gasteiger partial charge >= 0.3 is 0 Å². The Hall–Kier alpha value is -1.08. The summed E-state index contributed by atoms with van der Waals surface area (Å²) in [7, 11) is 0. The summed E-state index contributed by atoms with van der Waals surface area (Å²) >= 11 is 1.58. The van der Waals surface area contributed by atoms with E-state index in [1.165, 1.54) is 6.42 Å². The molecule has 0 bridgehead atoms. The van der Waals surface area contributed by atoms with Gasteiger partial charge in [-0.25, -0.2) is 4.98 Å². The molecule has 0 radical (unpaired) electrons. The molecule has 2 aromatic heterocycles. The van der Waals surface area contributed by atoms with E-state index < -0.39 is 0 Å². The Balaban J connectivity index is 0.00000144. The van der Waals surface area contributed by atoms with Crippen molar-refractivity contribution in [3.8, 4) is 10.8 Å². The van der Waals surface area contributed by atoms with Gasteiger partial charge in [-0.2, -0.15) is 0 Å². The third-order valence-corrected chi connectivity index (χ3v) is 4.85. The predicted octanol–water partition coefficient (Wildman–Crippen LogP) is 3.21. The van der Waals surface area contributed by atoms with Crippen molar-refractivity contribution < 1.29 is 9.21 Å². The first-order chi connectivity index (χ1) is 10.7. The molecule has 1 amide bonds. The molecule has 0 aromatic carbocycles. The van der Waals surface area contributed by atoms with Gasteiger partial charge in [-0.05, 0) is 50.2 Å². The zero-order valence-electron chi connectivity index (χ0n) is 13.5. The number of oxazole rings is 1. The van der Waals surface area contributed by atoms with E-state index in [2.05, 4.69) is 15.6 Å². The number of hydrogen-bond acceptors (Lipinski definition) is 5. The number of hydrogen-bond donors (Lipinski definition) is 2. The Morgan fingerprint density at radius 2 is 2.33 bits per heavy atom. The summed E-state index contributed by atoms with van der Waals surface area (Å²) in [6, 6.07) is 3.93. The fraction of sp³-hybridized carbons (Fsp3) is 0.500. The molecule has 2 aromatic rings. The van der Waals surface area contributed by atoms with E-state index in [-0.39, 0.29) is 37.1 Å². The largest absolute Gasteiger partial charge is 0.440 e. The molecule has 1 unspecified atom stereocenters. The number of halogens is 2. The number of thiophene rings is 1. The van der Waals surface area contributed by atoms with E-state index in [1.807, 2.05) is 24.4 Å². The SMILES string of the molecule is Cc1oc(-c2cccs2)nc1CC(=O)NCCC1CCNC1.Cl.Cl. The number of nitrogens with one attached hydrogen (secondary N) is 2. The lowest BCUT2D eigenvalue weighted by molar-refractivity contribution is -0.120. The van der Waals surface area contributed by atoms with Crippen LogP contribution in [0.15, 0.2) is 21.9 Å². The first kappa shape index (κ1) is 21.0. The Labute approximate surface area is 158 Å². The number of carbonyl (C=O) groups is 1. The minimum absolute atomic E-state index is 0. The van der Waals surface area contributed by atoms with Crippen LogP contribution in [0, 0.1) is 12.8 Å². The highest BCUT2D eigenvalue weighted by atomic mass is 35.5. The molecule has 3 heterocycles. The van der Waals surface area contributed by atoms with E-state index in [4.69, 9.17) is 4.42 Å². The topological polar surface area (TPSA) is 67.2 Å². The molecular weight excluding hydrogens is 369 g/mol. The van der Waals surface area contributed by atoms with Crippen molar-refractivity contribution in [2.75, 3.05) is 19.6 Å². The highest BCUT2D eigenvalue weighted by Crippen LogP contribution is 2.26. The molecule has 1 fully saturated rings. The summed E-state index contributed by atoms with van der Waals surface area (Å²) < 4.78 is 5.66. The predicted molar refractivity (Wildman–Crippen MR) is 101 cm³/mol. The molecule has 0 spiro atoms. The van der Waals surface area contributed by atoms with Crippen LogP contribution in [0.3, 0.4) is 0 Å². The minimum atomic E-state index is 0. The van der Waals surface area contributed by atoms with Crippen LogP contribution in [0.1, 0.15) is 24.3 Å². The van der Waals surface area contributed by atoms with Gasteiger partial charge < -0.3 is 15.1 Å². The lowest BCUT2D eigenvalue weighted by Gasteiger charge is -2.08. The average molecular weight is 392 g/mol. The molecule has 24 heavy (non-hydrogen) atoms. The standard InChI is InChI=1S/C16H21N3O2S.2ClH/c1-11-13(19-16(21-11)14-3-2-8-22-14)9-15(20)18-7-5-12-4-6-17-10-12;;/h2-3,8,12,17H,4-7,9-10H2,1H3,(H,18,20);2*1H.